The largest absolute Gasteiger partial charge is 0.461 e. The normalized spacial score (nSPS) is 17.7. The molecule has 1 atom stereocenters. The van der Waals surface area contributed by atoms with Gasteiger partial charge >= 0.3 is 5.97 Å². The number of carbonyl (C=O) groups is 1. The molecule has 7 heteroatoms. The van der Waals surface area contributed by atoms with Crippen LogP contribution < -0.4 is 5.32 Å². The molecule has 1 unspecified atom stereocenters. The van der Waals surface area contributed by atoms with Crippen molar-refractivity contribution in [2.75, 3.05) is 13.2 Å². The molecule has 2 aromatic rings. The summed E-state index contributed by atoms with van der Waals surface area (Å²) < 4.78 is 6.65. The number of hydrogen-bond donors (Lipinski definition) is 1. The highest BCUT2D eigenvalue weighted by Crippen LogP contribution is 2.18. The summed E-state index contributed by atoms with van der Waals surface area (Å²) in [6.45, 7) is 1.39. The number of nitrogens with zero attached hydrogens (tertiary/aromatic N) is 3. The van der Waals surface area contributed by atoms with Crippen molar-refractivity contribution in [1.29, 1.82) is 0 Å². The van der Waals surface area contributed by atoms with Gasteiger partial charge in [-0.25, -0.2) is 14.5 Å². The van der Waals surface area contributed by atoms with Crippen LogP contribution in [0.15, 0.2) is 36.7 Å². The highest BCUT2D eigenvalue weighted by molar-refractivity contribution is 6.30. The van der Waals surface area contributed by atoms with Crippen LogP contribution in [0.3, 0.4) is 0 Å². The van der Waals surface area contributed by atoms with Gasteiger partial charge in [0.15, 0.2) is 5.82 Å². The number of benzene rings is 1. The number of halogens is 1. The Kier molecular flexibility index (Phi) is 5.05. The number of aromatic nitrogens is 3. The van der Waals surface area contributed by atoms with E-state index in [2.05, 4.69) is 15.4 Å². The molecule has 120 valence electrons. The van der Waals surface area contributed by atoms with Gasteiger partial charge in [0, 0.05) is 28.9 Å². The van der Waals surface area contributed by atoms with Crippen molar-refractivity contribution in [1.82, 2.24) is 20.1 Å². The molecule has 1 saturated heterocycles. The lowest BCUT2D eigenvalue weighted by atomic mass is 10.2. The van der Waals surface area contributed by atoms with Crippen molar-refractivity contribution in [3.05, 3.63) is 41.7 Å². The summed E-state index contributed by atoms with van der Waals surface area (Å²) in [5.74, 6) is 0.152. The number of carbonyl (C=O) groups excluding carboxylic acids is 1. The predicted molar refractivity (Wildman–Crippen MR) is 87.8 cm³/mol. The molecule has 1 aliphatic heterocycles. The van der Waals surface area contributed by atoms with Crippen molar-refractivity contribution in [2.45, 2.75) is 18.9 Å². The first-order valence-electron chi connectivity index (χ1n) is 7.46. The van der Waals surface area contributed by atoms with E-state index in [1.54, 1.807) is 12.1 Å². The number of esters is 1. The van der Waals surface area contributed by atoms with Gasteiger partial charge in [0.2, 0.25) is 0 Å². The van der Waals surface area contributed by atoms with Gasteiger partial charge in [-0.1, -0.05) is 23.7 Å². The molecular formula is C16H17ClN4O2. The van der Waals surface area contributed by atoms with Crippen LogP contribution in [-0.4, -0.2) is 39.9 Å². The smallest absolute Gasteiger partial charge is 0.332 e. The Labute approximate surface area is 139 Å². The molecule has 0 bridgehead atoms. The maximum Gasteiger partial charge on any atom is 0.332 e. The van der Waals surface area contributed by atoms with Crippen LogP contribution in [0.4, 0.5) is 0 Å². The molecule has 1 aromatic carbocycles. The van der Waals surface area contributed by atoms with E-state index in [1.165, 1.54) is 23.3 Å². The van der Waals surface area contributed by atoms with Gasteiger partial charge in [-0.2, -0.15) is 0 Å². The summed E-state index contributed by atoms with van der Waals surface area (Å²) in [4.78, 5) is 15.9. The summed E-state index contributed by atoms with van der Waals surface area (Å²) >= 11 is 5.95. The molecule has 6 nitrogen and oxygen atoms in total. The fourth-order valence-corrected chi connectivity index (χ4v) is 2.56. The summed E-state index contributed by atoms with van der Waals surface area (Å²) in [5, 5.41) is 8.17. The number of rotatable bonds is 5. The molecule has 1 aliphatic rings. The van der Waals surface area contributed by atoms with E-state index in [4.69, 9.17) is 16.3 Å². The van der Waals surface area contributed by atoms with Gasteiger partial charge in [-0.3, -0.25) is 0 Å². The first-order chi connectivity index (χ1) is 11.2. The van der Waals surface area contributed by atoms with Crippen LogP contribution in [0.1, 0.15) is 12.8 Å². The Bertz CT molecular complexity index is 708. The quantitative estimate of drug-likeness (QED) is 0.672. The van der Waals surface area contributed by atoms with Gasteiger partial charge < -0.3 is 10.1 Å². The van der Waals surface area contributed by atoms with E-state index >= 15 is 0 Å². The highest BCUT2D eigenvalue weighted by atomic mass is 35.5. The van der Waals surface area contributed by atoms with Gasteiger partial charge in [-0.05, 0) is 31.5 Å². The zero-order valence-corrected chi connectivity index (χ0v) is 13.2. The highest BCUT2D eigenvalue weighted by Gasteiger charge is 2.15. The Morgan fingerprint density at radius 1 is 1.52 bits per heavy atom. The first kappa shape index (κ1) is 15.7. The molecule has 2 heterocycles. The van der Waals surface area contributed by atoms with Crippen molar-refractivity contribution in [3.8, 4) is 11.4 Å². The predicted octanol–water partition coefficient (Wildman–Crippen LogP) is 2.36. The van der Waals surface area contributed by atoms with Crippen LogP contribution in [0.2, 0.25) is 5.02 Å². The van der Waals surface area contributed by atoms with Crippen LogP contribution in [0.5, 0.6) is 0 Å². The molecule has 0 spiro atoms. The maximum absolute atomic E-state index is 11.7. The SMILES string of the molecule is O=C(/C=C/n1cnc(-c2cccc(Cl)c2)n1)OCC1CCCN1. The van der Waals surface area contributed by atoms with E-state index < -0.39 is 5.97 Å². The van der Waals surface area contributed by atoms with Gasteiger partial charge in [-0.15, -0.1) is 5.10 Å². The average molecular weight is 333 g/mol. The Morgan fingerprint density at radius 2 is 2.43 bits per heavy atom. The fourth-order valence-electron chi connectivity index (χ4n) is 2.37. The third kappa shape index (κ3) is 4.40. The van der Waals surface area contributed by atoms with Gasteiger partial charge in [0.25, 0.3) is 0 Å². The zero-order valence-electron chi connectivity index (χ0n) is 12.5. The number of ether oxygens (including phenoxy) is 1. The number of nitrogens with one attached hydrogen (secondary N) is 1. The topological polar surface area (TPSA) is 69.0 Å². The zero-order chi connectivity index (χ0) is 16.1. The summed E-state index contributed by atoms with van der Waals surface area (Å²) in [6.07, 6.45) is 6.56. The molecule has 1 fully saturated rings. The van der Waals surface area contributed by atoms with Crippen LogP contribution in [0.25, 0.3) is 17.6 Å². The second-order valence-electron chi connectivity index (χ2n) is 5.30. The minimum absolute atomic E-state index is 0.271. The minimum atomic E-state index is -0.390. The average Bonchev–Trinajstić information content (AvgIpc) is 3.22. The molecule has 0 radical (unpaired) electrons. The second kappa shape index (κ2) is 7.39. The third-order valence-corrected chi connectivity index (χ3v) is 3.78. The van der Waals surface area contributed by atoms with E-state index in [0.717, 1.165) is 24.9 Å². The van der Waals surface area contributed by atoms with Gasteiger partial charge in [0.05, 0.1) is 0 Å². The Morgan fingerprint density at radius 3 is 3.22 bits per heavy atom. The minimum Gasteiger partial charge on any atom is -0.461 e. The molecule has 23 heavy (non-hydrogen) atoms. The number of hydrogen-bond acceptors (Lipinski definition) is 5. The van der Waals surface area contributed by atoms with E-state index in [1.807, 2.05) is 12.1 Å². The molecule has 0 amide bonds. The fraction of sp³-hybridized carbons (Fsp3) is 0.312. The van der Waals surface area contributed by atoms with Crippen molar-refractivity contribution in [2.24, 2.45) is 0 Å². The van der Waals surface area contributed by atoms with E-state index in [9.17, 15) is 4.79 Å². The molecule has 0 saturated carbocycles. The maximum atomic E-state index is 11.7. The first-order valence-corrected chi connectivity index (χ1v) is 7.84. The third-order valence-electron chi connectivity index (χ3n) is 3.54. The molecular weight excluding hydrogens is 316 g/mol. The molecule has 1 N–H and O–H groups in total. The Hall–Kier alpha value is -2.18. The molecule has 1 aromatic heterocycles. The summed E-state index contributed by atoms with van der Waals surface area (Å²) in [6, 6.07) is 7.55. The second-order valence-corrected chi connectivity index (χ2v) is 5.73. The standard InChI is InChI=1S/C16H17ClN4O2/c17-13-4-1-3-12(9-13)16-19-11-21(20-16)8-6-15(22)23-10-14-5-2-7-18-14/h1,3-4,6,8-9,11,14,18H,2,5,7,10H2/b8-6+. The van der Waals surface area contributed by atoms with Crippen LogP contribution in [-0.2, 0) is 9.53 Å². The molecule has 3 rings (SSSR count). The summed E-state index contributed by atoms with van der Waals surface area (Å²) in [5.41, 5.74) is 0.819. The lowest BCUT2D eigenvalue weighted by Crippen LogP contribution is -2.27. The van der Waals surface area contributed by atoms with Crippen molar-refractivity contribution >= 4 is 23.8 Å². The van der Waals surface area contributed by atoms with E-state index in [-0.39, 0.29) is 6.04 Å². The monoisotopic (exact) mass is 332 g/mol. The van der Waals surface area contributed by atoms with Gasteiger partial charge in [0.1, 0.15) is 12.9 Å². The van der Waals surface area contributed by atoms with Crippen molar-refractivity contribution < 1.29 is 9.53 Å². The lowest BCUT2D eigenvalue weighted by molar-refractivity contribution is -0.138. The van der Waals surface area contributed by atoms with E-state index in [0.29, 0.717) is 17.5 Å². The molecule has 0 aliphatic carbocycles. The van der Waals surface area contributed by atoms with Crippen LogP contribution >= 0.6 is 11.6 Å². The summed E-state index contributed by atoms with van der Waals surface area (Å²) in [7, 11) is 0. The van der Waals surface area contributed by atoms with Crippen molar-refractivity contribution in [3.63, 3.8) is 0 Å². The lowest BCUT2D eigenvalue weighted by Gasteiger charge is -2.08. The van der Waals surface area contributed by atoms with Crippen LogP contribution in [0, 0.1) is 0 Å². The Balaban J connectivity index is 1.56.